The van der Waals surface area contributed by atoms with E-state index in [9.17, 15) is 9.18 Å². The fraction of sp³-hybridized carbons (Fsp3) is 0.364. The topological polar surface area (TPSA) is 67.2 Å². The van der Waals surface area contributed by atoms with Gasteiger partial charge in [0.15, 0.2) is 0 Å². The Morgan fingerprint density at radius 3 is 2.67 bits per heavy atom. The van der Waals surface area contributed by atoms with Gasteiger partial charge in [-0.3, -0.25) is 4.79 Å². The van der Waals surface area contributed by atoms with E-state index in [2.05, 4.69) is 27.0 Å². The number of nitrogens with zero attached hydrogens (tertiary/aromatic N) is 6. The molecule has 0 radical (unpaired) electrons. The lowest BCUT2D eigenvalue weighted by Crippen LogP contribution is -2.44. The largest absolute Gasteiger partial charge is 0.339 e. The zero-order valence-electron chi connectivity index (χ0n) is 17.4. The molecule has 0 atom stereocenters. The van der Waals surface area contributed by atoms with Crippen molar-refractivity contribution >= 4 is 5.91 Å². The first kappa shape index (κ1) is 20.2. The standard InChI is InChI=1S/C22H25FN6O/c1-15-18(21(30)28(3)16-9-12-27(2)13-10-16)14-25-29(15)22-24-11-8-20(26-22)17-6-4-5-7-19(17)23/h4-8,11,14,16H,9-10,12-13H2,1-3H3. The number of rotatable bonds is 4. The SMILES string of the molecule is Cc1c(C(=O)N(C)C2CCN(C)CC2)cnn1-c1nccc(-c2ccccc2F)n1. The molecule has 1 aliphatic heterocycles. The average Bonchev–Trinajstić information content (AvgIpc) is 3.15. The quantitative estimate of drug-likeness (QED) is 0.664. The van der Waals surface area contributed by atoms with Gasteiger partial charge in [0, 0.05) is 24.8 Å². The highest BCUT2D eigenvalue weighted by Crippen LogP contribution is 2.22. The molecule has 1 aliphatic rings. The number of hydrogen-bond donors (Lipinski definition) is 0. The fourth-order valence-corrected chi connectivity index (χ4v) is 3.83. The summed E-state index contributed by atoms with van der Waals surface area (Å²) in [4.78, 5) is 25.9. The van der Waals surface area contributed by atoms with E-state index in [1.54, 1.807) is 36.7 Å². The van der Waals surface area contributed by atoms with E-state index in [0.29, 0.717) is 28.5 Å². The van der Waals surface area contributed by atoms with Crippen LogP contribution in [0.3, 0.4) is 0 Å². The Bertz CT molecular complexity index is 1060. The third-order valence-corrected chi connectivity index (χ3v) is 5.78. The zero-order chi connectivity index (χ0) is 21.3. The lowest BCUT2D eigenvalue weighted by molar-refractivity contribution is 0.0659. The molecular formula is C22H25FN6O. The number of piperidine rings is 1. The van der Waals surface area contributed by atoms with Crippen LogP contribution in [0.5, 0.6) is 0 Å². The van der Waals surface area contributed by atoms with Crippen LogP contribution in [0.4, 0.5) is 4.39 Å². The van der Waals surface area contributed by atoms with Crippen molar-refractivity contribution in [2.45, 2.75) is 25.8 Å². The molecule has 0 spiro atoms. The van der Waals surface area contributed by atoms with Crippen LogP contribution in [-0.4, -0.2) is 68.7 Å². The number of benzene rings is 1. The molecule has 3 aromatic rings. The number of carbonyl (C=O) groups is 1. The van der Waals surface area contributed by atoms with Crippen LogP contribution in [0.15, 0.2) is 42.7 Å². The molecule has 1 saturated heterocycles. The van der Waals surface area contributed by atoms with Gasteiger partial charge < -0.3 is 9.80 Å². The first-order valence-corrected chi connectivity index (χ1v) is 10.0. The number of hydrogen-bond acceptors (Lipinski definition) is 5. The molecule has 1 fully saturated rings. The molecule has 1 amide bonds. The minimum absolute atomic E-state index is 0.0569. The molecule has 0 bridgehead atoms. The first-order valence-electron chi connectivity index (χ1n) is 10.0. The van der Waals surface area contributed by atoms with Crippen molar-refractivity contribution in [2.24, 2.45) is 0 Å². The summed E-state index contributed by atoms with van der Waals surface area (Å²) in [7, 11) is 3.95. The molecule has 8 heteroatoms. The Hall–Kier alpha value is -3.13. The van der Waals surface area contributed by atoms with Gasteiger partial charge in [0.25, 0.3) is 11.9 Å². The average molecular weight is 408 g/mol. The second kappa shape index (κ2) is 8.31. The predicted molar refractivity (Wildman–Crippen MR) is 112 cm³/mol. The van der Waals surface area contributed by atoms with Gasteiger partial charge in [-0.15, -0.1) is 0 Å². The summed E-state index contributed by atoms with van der Waals surface area (Å²) in [6.07, 6.45) is 5.04. The lowest BCUT2D eigenvalue weighted by Gasteiger charge is -2.35. The van der Waals surface area contributed by atoms with Crippen LogP contribution in [-0.2, 0) is 0 Å². The summed E-state index contributed by atoms with van der Waals surface area (Å²) >= 11 is 0. The molecule has 156 valence electrons. The number of amides is 1. The van der Waals surface area contributed by atoms with Crippen LogP contribution in [0.2, 0.25) is 0 Å². The Kier molecular flexibility index (Phi) is 5.59. The van der Waals surface area contributed by atoms with Crippen molar-refractivity contribution in [3.63, 3.8) is 0 Å². The lowest BCUT2D eigenvalue weighted by atomic mass is 10.0. The van der Waals surface area contributed by atoms with Gasteiger partial charge in [-0.25, -0.2) is 19.0 Å². The van der Waals surface area contributed by atoms with E-state index in [-0.39, 0.29) is 17.8 Å². The van der Waals surface area contributed by atoms with Crippen LogP contribution in [0.1, 0.15) is 28.9 Å². The molecule has 2 aromatic heterocycles. The molecule has 3 heterocycles. The van der Waals surface area contributed by atoms with Gasteiger partial charge in [-0.2, -0.15) is 5.10 Å². The summed E-state index contributed by atoms with van der Waals surface area (Å²) in [5.74, 6) is -0.109. The highest BCUT2D eigenvalue weighted by molar-refractivity contribution is 5.95. The Morgan fingerprint density at radius 2 is 1.93 bits per heavy atom. The van der Waals surface area contributed by atoms with E-state index in [0.717, 1.165) is 25.9 Å². The van der Waals surface area contributed by atoms with Gasteiger partial charge in [-0.05, 0) is 58.1 Å². The second-order valence-electron chi connectivity index (χ2n) is 7.73. The van der Waals surface area contributed by atoms with E-state index in [1.165, 1.54) is 10.7 Å². The number of halogens is 1. The van der Waals surface area contributed by atoms with Crippen LogP contribution < -0.4 is 0 Å². The molecule has 0 saturated carbocycles. The van der Waals surface area contributed by atoms with Crippen LogP contribution in [0, 0.1) is 12.7 Å². The summed E-state index contributed by atoms with van der Waals surface area (Å²) in [5.41, 5.74) is 2.04. The summed E-state index contributed by atoms with van der Waals surface area (Å²) in [6.45, 7) is 3.79. The molecule has 0 unspecified atom stereocenters. The minimum atomic E-state index is -0.352. The molecular weight excluding hydrogens is 383 g/mol. The maximum absolute atomic E-state index is 14.2. The molecule has 30 heavy (non-hydrogen) atoms. The minimum Gasteiger partial charge on any atom is -0.339 e. The predicted octanol–water partition coefficient (Wildman–Crippen LogP) is 2.94. The first-order chi connectivity index (χ1) is 14.5. The van der Waals surface area contributed by atoms with Gasteiger partial charge in [0.2, 0.25) is 0 Å². The summed E-state index contributed by atoms with van der Waals surface area (Å²) in [5, 5.41) is 4.35. The van der Waals surface area contributed by atoms with E-state index in [1.807, 2.05) is 18.9 Å². The summed E-state index contributed by atoms with van der Waals surface area (Å²) < 4.78 is 15.7. The van der Waals surface area contributed by atoms with Crippen LogP contribution >= 0.6 is 0 Å². The zero-order valence-corrected chi connectivity index (χ0v) is 17.4. The van der Waals surface area contributed by atoms with E-state index in [4.69, 9.17) is 0 Å². The third kappa shape index (κ3) is 3.82. The molecule has 0 aliphatic carbocycles. The van der Waals surface area contributed by atoms with Crippen molar-refractivity contribution in [2.75, 3.05) is 27.2 Å². The maximum Gasteiger partial charge on any atom is 0.257 e. The van der Waals surface area contributed by atoms with Crippen molar-refractivity contribution in [1.82, 2.24) is 29.5 Å². The molecule has 0 N–H and O–H groups in total. The van der Waals surface area contributed by atoms with Crippen molar-refractivity contribution in [1.29, 1.82) is 0 Å². The Morgan fingerprint density at radius 1 is 1.20 bits per heavy atom. The second-order valence-corrected chi connectivity index (χ2v) is 7.73. The van der Waals surface area contributed by atoms with Gasteiger partial charge in [0.1, 0.15) is 5.82 Å². The normalized spacial score (nSPS) is 15.3. The highest BCUT2D eigenvalue weighted by Gasteiger charge is 2.27. The van der Waals surface area contributed by atoms with E-state index < -0.39 is 0 Å². The van der Waals surface area contributed by atoms with Crippen molar-refractivity contribution in [3.8, 4) is 17.2 Å². The number of aromatic nitrogens is 4. The smallest absolute Gasteiger partial charge is 0.257 e. The summed E-state index contributed by atoms with van der Waals surface area (Å²) in [6, 6.07) is 8.33. The highest BCUT2D eigenvalue weighted by atomic mass is 19.1. The molecule has 4 rings (SSSR count). The number of carbonyl (C=O) groups excluding carboxylic acids is 1. The fourth-order valence-electron chi connectivity index (χ4n) is 3.83. The molecule has 1 aromatic carbocycles. The number of likely N-dealkylation sites (tertiary alicyclic amines) is 1. The third-order valence-electron chi connectivity index (χ3n) is 5.78. The molecule has 7 nitrogen and oxygen atoms in total. The van der Waals surface area contributed by atoms with Crippen LogP contribution in [0.25, 0.3) is 17.2 Å². The van der Waals surface area contributed by atoms with Gasteiger partial charge in [0.05, 0.1) is 23.1 Å². The Balaban J connectivity index is 1.60. The van der Waals surface area contributed by atoms with Crippen molar-refractivity contribution < 1.29 is 9.18 Å². The Labute approximate surface area is 175 Å². The van der Waals surface area contributed by atoms with Crippen molar-refractivity contribution in [3.05, 3.63) is 59.8 Å². The van der Waals surface area contributed by atoms with E-state index >= 15 is 0 Å². The maximum atomic E-state index is 14.2. The van der Waals surface area contributed by atoms with Gasteiger partial charge >= 0.3 is 0 Å². The van der Waals surface area contributed by atoms with Gasteiger partial charge in [-0.1, -0.05) is 12.1 Å². The monoisotopic (exact) mass is 408 g/mol.